The lowest BCUT2D eigenvalue weighted by atomic mass is 10.0. The summed E-state index contributed by atoms with van der Waals surface area (Å²) in [7, 11) is 0.145. The van der Waals surface area contributed by atoms with Crippen LogP contribution in [0.25, 0.3) is 0 Å². The lowest BCUT2D eigenvalue weighted by Gasteiger charge is -2.40. The van der Waals surface area contributed by atoms with Crippen molar-refractivity contribution in [2.75, 3.05) is 0 Å². The predicted molar refractivity (Wildman–Crippen MR) is 205 cm³/mol. The van der Waals surface area contributed by atoms with Gasteiger partial charge < -0.3 is 0 Å². The molecule has 0 saturated carbocycles. The smallest absolute Gasteiger partial charge is 0.0207 e. The predicted octanol–water partition coefficient (Wildman–Crippen LogP) is 16.6. The van der Waals surface area contributed by atoms with Gasteiger partial charge in [-0.05, 0) is 55.5 Å². The second kappa shape index (κ2) is 35.3. The average Bonchev–Trinajstić information content (AvgIpc) is 3.02. The molecule has 0 nitrogen and oxygen atoms in total. The van der Waals surface area contributed by atoms with Gasteiger partial charge in [0.2, 0.25) is 0 Å². The SMILES string of the molecule is CCCCCCCCCCCC(CC)P(C(CC)CCCCCCCCCCC)C(CC)CCCCCCCCCCC. The fourth-order valence-corrected chi connectivity index (χ4v) is 12.2. The highest BCUT2D eigenvalue weighted by Gasteiger charge is 2.32. The van der Waals surface area contributed by atoms with Crippen molar-refractivity contribution in [2.45, 2.75) is 270 Å². The Hall–Kier alpha value is 0.430. The first-order valence-corrected chi connectivity index (χ1v) is 22.5. The molecule has 0 aliphatic carbocycles. The first kappa shape index (κ1) is 43.4. The van der Waals surface area contributed by atoms with Gasteiger partial charge in [-0.25, -0.2) is 0 Å². The van der Waals surface area contributed by atoms with E-state index >= 15 is 0 Å². The summed E-state index contributed by atoms with van der Waals surface area (Å²) in [5, 5.41) is 0. The largest absolute Gasteiger partial charge is 0.0972 e. The van der Waals surface area contributed by atoms with Crippen molar-refractivity contribution in [3.05, 3.63) is 0 Å². The molecule has 0 rings (SSSR count). The van der Waals surface area contributed by atoms with Gasteiger partial charge in [0.15, 0.2) is 0 Å². The standard InChI is InChI=1S/C42H87P/c1-7-13-16-19-22-25-28-31-34-37-40(10-4)43(41(11-5)38-35-32-29-26-23-20-17-14-8-2)42(12-6)39-36-33-30-27-24-21-18-15-9-3/h40-42H,7-39H2,1-6H3. The molecule has 0 N–H and O–H groups in total. The van der Waals surface area contributed by atoms with E-state index in [-0.39, 0.29) is 7.92 Å². The Morgan fingerprint density at radius 2 is 0.442 bits per heavy atom. The summed E-state index contributed by atoms with van der Waals surface area (Å²) in [5.74, 6) is 0. The van der Waals surface area contributed by atoms with Crippen molar-refractivity contribution < 1.29 is 0 Å². The van der Waals surface area contributed by atoms with E-state index in [1.54, 1.807) is 19.3 Å². The summed E-state index contributed by atoms with van der Waals surface area (Å²) >= 11 is 0. The number of unbranched alkanes of at least 4 members (excludes halogenated alkanes) is 24. The normalized spacial score (nSPS) is 14.7. The van der Waals surface area contributed by atoms with Crippen LogP contribution in [0, 0.1) is 0 Å². The van der Waals surface area contributed by atoms with Crippen LogP contribution in [0.15, 0.2) is 0 Å². The van der Waals surface area contributed by atoms with Gasteiger partial charge in [0.05, 0.1) is 0 Å². The second-order valence-electron chi connectivity index (χ2n) is 14.5. The molecule has 260 valence electrons. The Balaban J connectivity index is 4.87. The van der Waals surface area contributed by atoms with Gasteiger partial charge in [-0.2, -0.15) is 0 Å². The molecule has 0 saturated heterocycles. The Morgan fingerprint density at radius 3 is 0.628 bits per heavy atom. The van der Waals surface area contributed by atoms with Crippen molar-refractivity contribution in [1.82, 2.24) is 0 Å². The molecule has 43 heavy (non-hydrogen) atoms. The van der Waals surface area contributed by atoms with Crippen molar-refractivity contribution >= 4 is 7.92 Å². The van der Waals surface area contributed by atoms with Crippen LogP contribution in [0.5, 0.6) is 0 Å². The quantitative estimate of drug-likeness (QED) is 0.0482. The topological polar surface area (TPSA) is 0 Å². The van der Waals surface area contributed by atoms with Crippen LogP contribution < -0.4 is 0 Å². The first-order valence-electron chi connectivity index (χ1n) is 21.0. The molecule has 0 radical (unpaired) electrons. The van der Waals surface area contributed by atoms with Crippen molar-refractivity contribution in [2.24, 2.45) is 0 Å². The minimum atomic E-state index is 0.145. The number of hydrogen-bond acceptors (Lipinski definition) is 0. The highest BCUT2D eigenvalue weighted by Crippen LogP contribution is 2.58. The fourth-order valence-electron chi connectivity index (χ4n) is 7.66. The van der Waals surface area contributed by atoms with Crippen LogP contribution in [0.2, 0.25) is 0 Å². The van der Waals surface area contributed by atoms with Gasteiger partial charge in [0, 0.05) is 0 Å². The maximum absolute atomic E-state index is 2.56. The summed E-state index contributed by atoms with van der Waals surface area (Å²) in [5.41, 5.74) is 3.10. The lowest BCUT2D eigenvalue weighted by Crippen LogP contribution is -2.23. The average molecular weight is 623 g/mol. The number of rotatable bonds is 36. The molecule has 0 aromatic carbocycles. The summed E-state index contributed by atoms with van der Waals surface area (Å²) in [6, 6.07) is 0. The van der Waals surface area contributed by atoms with E-state index in [2.05, 4.69) is 41.5 Å². The van der Waals surface area contributed by atoms with Gasteiger partial charge in [-0.1, -0.05) is 223 Å². The Bertz CT molecular complexity index is 430. The van der Waals surface area contributed by atoms with E-state index in [4.69, 9.17) is 0 Å². The zero-order valence-electron chi connectivity index (χ0n) is 31.5. The van der Waals surface area contributed by atoms with Crippen LogP contribution in [0.1, 0.15) is 253 Å². The van der Waals surface area contributed by atoms with E-state index in [1.807, 2.05) is 0 Å². The van der Waals surface area contributed by atoms with Gasteiger partial charge in [-0.3, -0.25) is 0 Å². The summed E-state index contributed by atoms with van der Waals surface area (Å²) in [6.45, 7) is 14.7. The summed E-state index contributed by atoms with van der Waals surface area (Å²) < 4.78 is 0. The zero-order chi connectivity index (χ0) is 31.6. The molecule has 0 aromatic rings. The third-order valence-corrected chi connectivity index (χ3v) is 15.0. The first-order chi connectivity index (χ1) is 21.2. The highest BCUT2D eigenvalue weighted by atomic mass is 31.1. The minimum Gasteiger partial charge on any atom is -0.0972 e. The molecular weight excluding hydrogens is 535 g/mol. The van der Waals surface area contributed by atoms with Crippen molar-refractivity contribution in [3.8, 4) is 0 Å². The summed E-state index contributed by atoms with van der Waals surface area (Å²) in [6.07, 6.45) is 48.7. The maximum atomic E-state index is 2.56. The molecule has 3 atom stereocenters. The molecule has 3 unspecified atom stereocenters. The van der Waals surface area contributed by atoms with Crippen LogP contribution in [-0.4, -0.2) is 17.0 Å². The monoisotopic (exact) mass is 623 g/mol. The van der Waals surface area contributed by atoms with E-state index in [0.717, 1.165) is 17.0 Å². The van der Waals surface area contributed by atoms with Crippen molar-refractivity contribution in [1.29, 1.82) is 0 Å². The second-order valence-corrected chi connectivity index (χ2v) is 17.6. The van der Waals surface area contributed by atoms with Crippen LogP contribution >= 0.6 is 7.92 Å². The molecule has 0 spiro atoms. The molecule has 0 amide bonds. The van der Waals surface area contributed by atoms with E-state index in [0.29, 0.717) is 0 Å². The highest BCUT2D eigenvalue weighted by molar-refractivity contribution is 7.59. The van der Waals surface area contributed by atoms with Crippen LogP contribution in [0.4, 0.5) is 0 Å². The zero-order valence-corrected chi connectivity index (χ0v) is 32.4. The van der Waals surface area contributed by atoms with Crippen LogP contribution in [-0.2, 0) is 0 Å². The summed E-state index contributed by atoms with van der Waals surface area (Å²) in [4.78, 5) is 0. The van der Waals surface area contributed by atoms with Crippen molar-refractivity contribution in [3.63, 3.8) is 0 Å². The third kappa shape index (κ3) is 26.2. The Morgan fingerprint density at radius 1 is 0.256 bits per heavy atom. The van der Waals surface area contributed by atoms with Gasteiger partial charge >= 0.3 is 0 Å². The van der Waals surface area contributed by atoms with Crippen LogP contribution in [0.3, 0.4) is 0 Å². The molecule has 0 aliphatic rings. The number of hydrogen-bond donors (Lipinski definition) is 0. The van der Waals surface area contributed by atoms with E-state index in [9.17, 15) is 0 Å². The Kier molecular flexibility index (Phi) is 35.6. The molecule has 0 fully saturated rings. The molecular formula is C42H87P. The Labute approximate surface area is 277 Å². The molecule has 0 bridgehead atoms. The molecule has 1 heteroatoms. The van der Waals surface area contributed by atoms with Gasteiger partial charge in [0.25, 0.3) is 0 Å². The van der Waals surface area contributed by atoms with Gasteiger partial charge in [-0.15, -0.1) is 0 Å². The molecule has 0 aromatic heterocycles. The fraction of sp³-hybridized carbons (Fsp3) is 1.00. The van der Waals surface area contributed by atoms with Gasteiger partial charge in [0.1, 0.15) is 0 Å². The van der Waals surface area contributed by atoms with E-state index < -0.39 is 0 Å². The molecule has 0 heterocycles. The third-order valence-electron chi connectivity index (χ3n) is 10.6. The lowest BCUT2D eigenvalue weighted by molar-refractivity contribution is 0.530. The molecule has 0 aliphatic heterocycles. The van der Waals surface area contributed by atoms with E-state index in [1.165, 1.54) is 193 Å². The minimum absolute atomic E-state index is 0.145. The maximum Gasteiger partial charge on any atom is -0.0207 e.